The van der Waals surface area contributed by atoms with Gasteiger partial charge in [-0.2, -0.15) is 0 Å². The van der Waals surface area contributed by atoms with E-state index in [2.05, 4.69) is 4.98 Å². The first-order chi connectivity index (χ1) is 6.74. The van der Waals surface area contributed by atoms with Gasteiger partial charge >= 0.3 is 0 Å². The van der Waals surface area contributed by atoms with E-state index >= 15 is 0 Å². The van der Waals surface area contributed by atoms with Crippen molar-refractivity contribution in [2.24, 2.45) is 0 Å². The highest BCUT2D eigenvalue weighted by Gasteiger charge is 2.08. The van der Waals surface area contributed by atoms with Crippen LogP contribution in [0.15, 0.2) is 29.3 Å². The van der Waals surface area contributed by atoms with E-state index in [9.17, 15) is 5.11 Å². The van der Waals surface area contributed by atoms with Crippen LogP contribution >= 0.6 is 11.8 Å². The van der Waals surface area contributed by atoms with E-state index in [1.807, 2.05) is 31.4 Å². The Balaban J connectivity index is 2.89. The van der Waals surface area contributed by atoms with Crippen LogP contribution in [0.2, 0.25) is 0 Å². The molecule has 0 bridgehead atoms. The van der Waals surface area contributed by atoms with Crippen molar-refractivity contribution in [1.82, 2.24) is 4.98 Å². The van der Waals surface area contributed by atoms with Gasteiger partial charge in [-0.1, -0.05) is 6.07 Å². The van der Waals surface area contributed by atoms with E-state index in [0.717, 1.165) is 15.8 Å². The molecule has 1 heterocycles. The molecular formula is C11H11NOS. The van der Waals surface area contributed by atoms with Crippen LogP contribution in [-0.4, -0.2) is 16.3 Å². The van der Waals surface area contributed by atoms with Gasteiger partial charge < -0.3 is 5.11 Å². The molecule has 0 radical (unpaired) electrons. The molecule has 0 unspecified atom stereocenters. The number of pyridine rings is 1. The van der Waals surface area contributed by atoms with Crippen LogP contribution in [0.25, 0.3) is 10.9 Å². The second-order valence-corrected chi connectivity index (χ2v) is 3.99. The number of fused-ring (bicyclic) bond motifs is 1. The number of phenolic OH excluding ortho intramolecular Hbond substituents is 1. The summed E-state index contributed by atoms with van der Waals surface area (Å²) in [5.41, 5.74) is 1.57. The molecule has 0 atom stereocenters. The summed E-state index contributed by atoms with van der Waals surface area (Å²) in [5.74, 6) is 0.290. The number of thioether (sulfide) groups is 1. The van der Waals surface area contributed by atoms with E-state index in [1.165, 1.54) is 0 Å². The predicted octanol–water partition coefficient (Wildman–Crippen LogP) is 2.97. The number of rotatable bonds is 1. The fourth-order valence-corrected chi connectivity index (χ4v) is 2.17. The molecule has 1 aromatic carbocycles. The summed E-state index contributed by atoms with van der Waals surface area (Å²) in [7, 11) is 0. The Labute approximate surface area is 87.0 Å². The van der Waals surface area contributed by atoms with Crippen LogP contribution < -0.4 is 0 Å². The van der Waals surface area contributed by atoms with E-state index in [4.69, 9.17) is 0 Å². The minimum Gasteiger partial charge on any atom is -0.505 e. The fourth-order valence-electron chi connectivity index (χ4n) is 1.49. The molecule has 0 aliphatic carbocycles. The molecule has 1 aromatic heterocycles. The largest absolute Gasteiger partial charge is 0.505 e. The number of phenols is 1. The molecule has 2 rings (SSSR count). The van der Waals surface area contributed by atoms with Crippen molar-refractivity contribution < 1.29 is 5.11 Å². The van der Waals surface area contributed by atoms with Crippen LogP contribution in [0.4, 0.5) is 0 Å². The topological polar surface area (TPSA) is 33.1 Å². The molecule has 0 aliphatic heterocycles. The van der Waals surface area contributed by atoms with Crippen molar-refractivity contribution in [3.8, 4) is 5.75 Å². The maximum Gasteiger partial charge on any atom is 0.144 e. The average Bonchev–Trinajstić information content (AvgIpc) is 2.23. The van der Waals surface area contributed by atoms with Gasteiger partial charge in [0.25, 0.3) is 0 Å². The number of hydrogen-bond acceptors (Lipinski definition) is 3. The van der Waals surface area contributed by atoms with E-state index < -0.39 is 0 Å². The van der Waals surface area contributed by atoms with Gasteiger partial charge in [-0.3, -0.25) is 4.98 Å². The van der Waals surface area contributed by atoms with Gasteiger partial charge in [-0.15, -0.1) is 11.8 Å². The Morgan fingerprint density at radius 1 is 1.43 bits per heavy atom. The van der Waals surface area contributed by atoms with Crippen molar-refractivity contribution in [3.05, 3.63) is 30.0 Å². The molecule has 0 spiro atoms. The SMILES string of the molecule is CSc1cc(C)c(O)c2ncccc12. The molecular weight excluding hydrogens is 194 g/mol. The van der Waals surface area contributed by atoms with Crippen LogP contribution in [0, 0.1) is 6.92 Å². The van der Waals surface area contributed by atoms with Crippen LogP contribution in [0.5, 0.6) is 5.75 Å². The van der Waals surface area contributed by atoms with E-state index in [-0.39, 0.29) is 0 Å². The normalized spacial score (nSPS) is 10.7. The van der Waals surface area contributed by atoms with Crippen LogP contribution in [0.1, 0.15) is 5.56 Å². The van der Waals surface area contributed by atoms with Crippen molar-refractivity contribution >= 4 is 22.7 Å². The predicted molar refractivity (Wildman–Crippen MR) is 59.9 cm³/mol. The van der Waals surface area contributed by atoms with E-state index in [0.29, 0.717) is 11.3 Å². The first-order valence-corrected chi connectivity index (χ1v) is 5.58. The Bertz CT molecular complexity index is 482. The highest BCUT2D eigenvalue weighted by Crippen LogP contribution is 2.33. The fraction of sp³-hybridized carbons (Fsp3) is 0.182. The Hall–Kier alpha value is -1.22. The van der Waals surface area contributed by atoms with Gasteiger partial charge in [0.1, 0.15) is 11.3 Å². The number of aromatic hydroxyl groups is 1. The lowest BCUT2D eigenvalue weighted by molar-refractivity contribution is 0.476. The van der Waals surface area contributed by atoms with E-state index in [1.54, 1.807) is 18.0 Å². The summed E-state index contributed by atoms with van der Waals surface area (Å²) in [6.45, 7) is 1.89. The molecule has 0 aliphatic rings. The van der Waals surface area contributed by atoms with Crippen LogP contribution in [-0.2, 0) is 0 Å². The maximum absolute atomic E-state index is 9.81. The lowest BCUT2D eigenvalue weighted by Crippen LogP contribution is -1.85. The lowest BCUT2D eigenvalue weighted by Gasteiger charge is -2.07. The first-order valence-electron chi connectivity index (χ1n) is 4.35. The van der Waals surface area contributed by atoms with Gasteiger partial charge in [0.15, 0.2) is 0 Å². The van der Waals surface area contributed by atoms with Gasteiger partial charge in [0.05, 0.1) is 0 Å². The first kappa shape index (κ1) is 9.34. The molecule has 0 amide bonds. The molecule has 72 valence electrons. The second kappa shape index (κ2) is 3.50. The lowest BCUT2D eigenvalue weighted by atomic mass is 10.1. The minimum atomic E-state index is 0.290. The minimum absolute atomic E-state index is 0.290. The molecule has 2 aromatic rings. The summed E-state index contributed by atoms with van der Waals surface area (Å²) in [6.07, 6.45) is 3.73. The van der Waals surface area contributed by atoms with Crippen LogP contribution in [0.3, 0.4) is 0 Å². The van der Waals surface area contributed by atoms with Crippen molar-refractivity contribution in [3.63, 3.8) is 0 Å². The molecule has 0 fully saturated rings. The highest BCUT2D eigenvalue weighted by molar-refractivity contribution is 7.98. The van der Waals surface area contributed by atoms with Gasteiger partial charge in [-0.25, -0.2) is 0 Å². The quantitative estimate of drug-likeness (QED) is 0.726. The monoisotopic (exact) mass is 205 g/mol. The Morgan fingerprint density at radius 3 is 2.93 bits per heavy atom. The summed E-state index contributed by atoms with van der Waals surface area (Å²) >= 11 is 1.67. The Kier molecular flexibility index (Phi) is 2.33. The number of aryl methyl sites for hydroxylation is 1. The summed E-state index contributed by atoms with van der Waals surface area (Å²) in [4.78, 5) is 5.34. The molecule has 2 nitrogen and oxygen atoms in total. The summed E-state index contributed by atoms with van der Waals surface area (Å²) in [6, 6.07) is 5.86. The standard InChI is InChI=1S/C11H11NOS/c1-7-6-9(14-2)8-4-3-5-12-10(8)11(7)13/h3-6,13H,1-2H3. The third kappa shape index (κ3) is 1.34. The number of nitrogens with zero attached hydrogens (tertiary/aromatic N) is 1. The summed E-state index contributed by atoms with van der Waals surface area (Å²) in [5, 5.41) is 10.8. The van der Waals surface area contributed by atoms with Crippen molar-refractivity contribution in [1.29, 1.82) is 0 Å². The second-order valence-electron chi connectivity index (χ2n) is 3.14. The highest BCUT2D eigenvalue weighted by atomic mass is 32.2. The smallest absolute Gasteiger partial charge is 0.144 e. The van der Waals surface area contributed by atoms with Gasteiger partial charge in [0.2, 0.25) is 0 Å². The maximum atomic E-state index is 9.81. The number of benzene rings is 1. The van der Waals surface area contributed by atoms with Gasteiger partial charge in [0, 0.05) is 16.5 Å². The third-order valence-corrected chi connectivity index (χ3v) is 3.02. The molecule has 14 heavy (non-hydrogen) atoms. The molecule has 0 saturated carbocycles. The zero-order chi connectivity index (χ0) is 10.1. The zero-order valence-corrected chi connectivity index (χ0v) is 8.93. The Morgan fingerprint density at radius 2 is 2.21 bits per heavy atom. The number of hydrogen-bond donors (Lipinski definition) is 1. The molecule has 3 heteroatoms. The number of aromatic nitrogens is 1. The molecule has 1 N–H and O–H groups in total. The van der Waals surface area contributed by atoms with Crippen molar-refractivity contribution in [2.45, 2.75) is 11.8 Å². The van der Waals surface area contributed by atoms with Crippen molar-refractivity contribution in [2.75, 3.05) is 6.26 Å². The zero-order valence-electron chi connectivity index (χ0n) is 8.11. The molecule has 0 saturated heterocycles. The summed E-state index contributed by atoms with van der Waals surface area (Å²) < 4.78 is 0. The van der Waals surface area contributed by atoms with Gasteiger partial charge in [-0.05, 0) is 30.9 Å². The third-order valence-electron chi connectivity index (χ3n) is 2.24. The average molecular weight is 205 g/mol.